The number of aryl methyl sites for hydroxylation is 1. The number of unbranched alkanes of at least 4 members (excludes halogenated alkanes) is 2. The summed E-state index contributed by atoms with van der Waals surface area (Å²) in [5, 5.41) is 0. The van der Waals surface area contributed by atoms with E-state index in [1.54, 1.807) is 19.1 Å². The molecule has 0 saturated heterocycles. The van der Waals surface area contributed by atoms with Gasteiger partial charge in [0.25, 0.3) is 0 Å². The van der Waals surface area contributed by atoms with Crippen LogP contribution < -0.4 is 4.72 Å². The number of nitrogens with one attached hydrogen (secondary N) is 1. The number of hydrogen-bond donors (Lipinski definition) is 1. The Labute approximate surface area is 104 Å². The van der Waals surface area contributed by atoms with Crippen LogP contribution in [0.15, 0.2) is 29.2 Å². The van der Waals surface area contributed by atoms with Crippen LogP contribution in [0.2, 0.25) is 0 Å². The predicted octanol–water partition coefficient (Wildman–Crippen LogP) is 2.72. The first-order chi connectivity index (χ1) is 8.10. The monoisotopic (exact) mass is 255 g/mol. The van der Waals surface area contributed by atoms with Crippen molar-refractivity contribution in [2.45, 2.75) is 44.4 Å². The second-order valence-electron chi connectivity index (χ2n) is 4.10. The van der Waals surface area contributed by atoms with Gasteiger partial charge in [-0.2, -0.15) is 0 Å². The average Bonchev–Trinajstić information content (AvgIpc) is 2.30. The normalized spacial score (nSPS) is 11.6. The molecule has 0 radical (unpaired) electrons. The minimum atomic E-state index is -3.30. The lowest BCUT2D eigenvalue weighted by molar-refractivity contribution is 0.584. The maximum absolute atomic E-state index is 11.7. The van der Waals surface area contributed by atoms with Gasteiger partial charge in [0.2, 0.25) is 10.0 Å². The van der Waals surface area contributed by atoms with Crippen LogP contribution in [0.25, 0.3) is 0 Å². The molecule has 0 aliphatic heterocycles. The third kappa shape index (κ3) is 4.48. The van der Waals surface area contributed by atoms with Gasteiger partial charge in [-0.3, -0.25) is 0 Å². The fourth-order valence-corrected chi connectivity index (χ4v) is 2.73. The Morgan fingerprint density at radius 3 is 2.24 bits per heavy atom. The number of sulfonamides is 1. The molecule has 1 aromatic carbocycles. The van der Waals surface area contributed by atoms with E-state index in [2.05, 4.69) is 11.6 Å². The minimum absolute atomic E-state index is 0.346. The van der Waals surface area contributed by atoms with Crippen molar-refractivity contribution in [3.63, 3.8) is 0 Å². The smallest absolute Gasteiger partial charge is 0.211 e. The summed E-state index contributed by atoms with van der Waals surface area (Å²) in [6.45, 7) is 4.36. The van der Waals surface area contributed by atoms with Crippen molar-refractivity contribution in [2.24, 2.45) is 0 Å². The first-order valence-corrected chi connectivity index (χ1v) is 7.67. The molecule has 0 aliphatic carbocycles. The molecule has 0 unspecified atom stereocenters. The van der Waals surface area contributed by atoms with Crippen LogP contribution in [0.5, 0.6) is 0 Å². The molecule has 3 nitrogen and oxygen atoms in total. The highest BCUT2D eigenvalue weighted by Crippen LogP contribution is 2.12. The van der Waals surface area contributed by atoms with Crippen LogP contribution >= 0.6 is 0 Å². The number of benzene rings is 1. The highest BCUT2D eigenvalue weighted by molar-refractivity contribution is 7.89. The molecule has 0 fully saturated rings. The molecule has 1 rings (SSSR count). The van der Waals surface area contributed by atoms with Crippen LogP contribution in [0.3, 0.4) is 0 Å². The molecule has 0 bridgehead atoms. The van der Waals surface area contributed by atoms with Crippen molar-refractivity contribution in [1.82, 2.24) is 4.72 Å². The highest BCUT2D eigenvalue weighted by atomic mass is 32.2. The molecular weight excluding hydrogens is 234 g/mol. The van der Waals surface area contributed by atoms with Crippen molar-refractivity contribution in [3.8, 4) is 0 Å². The average molecular weight is 255 g/mol. The molecule has 0 spiro atoms. The fraction of sp³-hybridized carbons (Fsp3) is 0.538. The van der Waals surface area contributed by atoms with Gasteiger partial charge in [-0.25, -0.2) is 13.1 Å². The largest absolute Gasteiger partial charge is 0.240 e. The van der Waals surface area contributed by atoms with Gasteiger partial charge in [-0.15, -0.1) is 0 Å². The first-order valence-electron chi connectivity index (χ1n) is 6.18. The molecule has 0 aliphatic rings. The quantitative estimate of drug-likeness (QED) is 0.761. The summed E-state index contributed by atoms with van der Waals surface area (Å²) in [6.07, 6.45) is 4.61. The standard InChI is InChI=1S/C13H21NO2S/c1-3-5-6-7-12-8-10-13(11-9-12)17(15,16)14-4-2/h8-11,14H,3-7H2,1-2H3. The third-order valence-corrected chi connectivity index (χ3v) is 4.20. The summed E-state index contributed by atoms with van der Waals surface area (Å²) in [6, 6.07) is 7.16. The van der Waals surface area contributed by atoms with E-state index >= 15 is 0 Å². The van der Waals surface area contributed by atoms with Crippen LogP contribution in [0.1, 0.15) is 38.7 Å². The Morgan fingerprint density at radius 1 is 1.06 bits per heavy atom. The summed E-state index contributed by atoms with van der Waals surface area (Å²) < 4.78 is 25.9. The summed E-state index contributed by atoms with van der Waals surface area (Å²) >= 11 is 0. The third-order valence-electron chi connectivity index (χ3n) is 2.64. The summed E-state index contributed by atoms with van der Waals surface area (Å²) in [5.74, 6) is 0. The summed E-state index contributed by atoms with van der Waals surface area (Å²) in [7, 11) is -3.30. The van der Waals surface area contributed by atoms with E-state index in [4.69, 9.17) is 0 Å². The van der Waals surface area contributed by atoms with Crippen molar-refractivity contribution >= 4 is 10.0 Å². The zero-order valence-corrected chi connectivity index (χ0v) is 11.4. The number of rotatable bonds is 7. The van der Waals surface area contributed by atoms with E-state index in [1.165, 1.54) is 18.4 Å². The van der Waals surface area contributed by atoms with Crippen molar-refractivity contribution in [2.75, 3.05) is 6.54 Å². The van der Waals surface area contributed by atoms with E-state index in [0.29, 0.717) is 11.4 Å². The molecular formula is C13H21NO2S. The molecule has 0 heterocycles. The van der Waals surface area contributed by atoms with Gasteiger partial charge < -0.3 is 0 Å². The van der Waals surface area contributed by atoms with E-state index < -0.39 is 10.0 Å². The van der Waals surface area contributed by atoms with Crippen LogP contribution in [0.4, 0.5) is 0 Å². The zero-order valence-electron chi connectivity index (χ0n) is 10.6. The Kier molecular flexibility index (Phi) is 5.65. The lowest BCUT2D eigenvalue weighted by atomic mass is 10.1. The molecule has 0 atom stereocenters. The molecule has 4 heteroatoms. The van der Waals surface area contributed by atoms with Crippen molar-refractivity contribution in [3.05, 3.63) is 29.8 Å². The Bertz CT molecular complexity index is 423. The molecule has 17 heavy (non-hydrogen) atoms. The van der Waals surface area contributed by atoms with Gasteiger partial charge in [0.1, 0.15) is 0 Å². The SMILES string of the molecule is CCCCCc1ccc(S(=O)(=O)NCC)cc1. The summed E-state index contributed by atoms with van der Waals surface area (Å²) in [5.41, 5.74) is 1.20. The summed E-state index contributed by atoms with van der Waals surface area (Å²) in [4.78, 5) is 0.346. The van der Waals surface area contributed by atoms with Crippen LogP contribution in [-0.4, -0.2) is 15.0 Å². The molecule has 96 valence electrons. The second kappa shape index (κ2) is 6.77. The molecule has 1 aromatic rings. The minimum Gasteiger partial charge on any atom is -0.211 e. The molecule has 0 amide bonds. The maximum Gasteiger partial charge on any atom is 0.240 e. The van der Waals surface area contributed by atoms with E-state index in [-0.39, 0.29) is 0 Å². The van der Waals surface area contributed by atoms with Gasteiger partial charge >= 0.3 is 0 Å². The Morgan fingerprint density at radius 2 is 1.71 bits per heavy atom. The lowest BCUT2D eigenvalue weighted by Crippen LogP contribution is -2.23. The Balaban J connectivity index is 2.68. The lowest BCUT2D eigenvalue weighted by Gasteiger charge is -2.05. The van der Waals surface area contributed by atoms with Crippen molar-refractivity contribution < 1.29 is 8.42 Å². The van der Waals surface area contributed by atoms with Crippen molar-refractivity contribution in [1.29, 1.82) is 0 Å². The second-order valence-corrected chi connectivity index (χ2v) is 5.87. The van der Waals surface area contributed by atoms with Gasteiger partial charge in [0.05, 0.1) is 4.90 Å². The number of hydrogen-bond acceptors (Lipinski definition) is 2. The van der Waals surface area contributed by atoms with Gasteiger partial charge in [-0.1, -0.05) is 38.8 Å². The van der Waals surface area contributed by atoms with E-state index in [1.807, 2.05) is 12.1 Å². The predicted molar refractivity (Wildman–Crippen MR) is 70.5 cm³/mol. The zero-order chi connectivity index (χ0) is 12.7. The Hall–Kier alpha value is -0.870. The van der Waals surface area contributed by atoms with Crippen LogP contribution in [0, 0.1) is 0 Å². The van der Waals surface area contributed by atoms with E-state index in [9.17, 15) is 8.42 Å². The fourth-order valence-electron chi connectivity index (χ4n) is 1.69. The maximum atomic E-state index is 11.7. The molecule has 0 aromatic heterocycles. The highest BCUT2D eigenvalue weighted by Gasteiger charge is 2.11. The van der Waals surface area contributed by atoms with E-state index in [0.717, 1.165) is 12.8 Å². The topological polar surface area (TPSA) is 46.2 Å². The van der Waals surface area contributed by atoms with Gasteiger partial charge in [0.15, 0.2) is 0 Å². The molecule has 1 N–H and O–H groups in total. The van der Waals surface area contributed by atoms with Gasteiger partial charge in [0, 0.05) is 6.54 Å². The van der Waals surface area contributed by atoms with Gasteiger partial charge in [-0.05, 0) is 30.5 Å². The molecule has 0 saturated carbocycles. The first kappa shape index (κ1) is 14.2. The van der Waals surface area contributed by atoms with Crippen LogP contribution in [-0.2, 0) is 16.4 Å².